The molecule has 0 aromatic carbocycles. The smallest absolute Gasteiger partial charge is 0.235 e. The van der Waals surface area contributed by atoms with E-state index in [-0.39, 0.29) is 0 Å². The highest BCUT2D eigenvalue weighted by atomic mass is 15.1. The predicted molar refractivity (Wildman–Crippen MR) is 124 cm³/mol. The molecule has 2 nitrogen and oxygen atoms in total. The first-order valence-electron chi connectivity index (χ1n) is 12.9. The Kier molecular flexibility index (Phi) is 16.5. The highest BCUT2D eigenvalue weighted by Gasteiger charge is 2.14. The van der Waals surface area contributed by atoms with Gasteiger partial charge in [-0.15, -0.1) is 0 Å². The third kappa shape index (κ3) is 11.9. The van der Waals surface area contributed by atoms with Crippen LogP contribution in [0.2, 0.25) is 0 Å². The van der Waals surface area contributed by atoms with Crippen molar-refractivity contribution in [3.63, 3.8) is 0 Å². The number of imidazole rings is 1. The predicted octanol–water partition coefficient (Wildman–Crippen LogP) is 8.01. The maximum Gasteiger partial charge on any atom is 0.256 e. The van der Waals surface area contributed by atoms with E-state index in [2.05, 4.69) is 42.3 Å². The van der Waals surface area contributed by atoms with Crippen molar-refractivity contribution in [1.29, 1.82) is 0 Å². The molecule has 0 aliphatic heterocycles. The van der Waals surface area contributed by atoms with E-state index in [9.17, 15) is 0 Å². The zero-order valence-electron chi connectivity index (χ0n) is 19.7. The number of hydrogen-bond donors (Lipinski definition) is 0. The molecule has 0 atom stereocenters. The molecule has 0 aliphatic rings. The molecular formula is C26H51N2+. The summed E-state index contributed by atoms with van der Waals surface area (Å²) < 4.78 is 4.97. The van der Waals surface area contributed by atoms with Crippen LogP contribution in [-0.2, 0) is 19.5 Å². The lowest BCUT2D eigenvalue weighted by atomic mass is 10.0. The Morgan fingerprint density at radius 1 is 0.607 bits per heavy atom. The first-order valence-corrected chi connectivity index (χ1v) is 12.9. The zero-order valence-corrected chi connectivity index (χ0v) is 19.7. The molecule has 1 rings (SSSR count). The van der Waals surface area contributed by atoms with Crippen molar-refractivity contribution in [1.82, 2.24) is 4.57 Å². The Morgan fingerprint density at radius 2 is 1.07 bits per heavy atom. The van der Waals surface area contributed by atoms with Crippen LogP contribution in [0.4, 0.5) is 0 Å². The molecule has 0 radical (unpaired) electrons. The maximum atomic E-state index is 2.52. The first-order chi connectivity index (χ1) is 13.8. The van der Waals surface area contributed by atoms with Gasteiger partial charge in [-0.1, -0.05) is 104 Å². The van der Waals surface area contributed by atoms with Crippen molar-refractivity contribution in [3.8, 4) is 0 Å². The van der Waals surface area contributed by atoms with Crippen molar-refractivity contribution in [2.24, 2.45) is 0 Å². The largest absolute Gasteiger partial charge is 0.256 e. The van der Waals surface area contributed by atoms with E-state index >= 15 is 0 Å². The fourth-order valence-electron chi connectivity index (χ4n) is 4.29. The van der Waals surface area contributed by atoms with Gasteiger partial charge in [-0.3, -0.25) is 0 Å². The number of nitrogens with zero attached hydrogens (tertiary/aromatic N) is 2. The molecule has 0 aliphatic carbocycles. The lowest BCUT2D eigenvalue weighted by Crippen LogP contribution is -2.37. The minimum Gasteiger partial charge on any atom is -0.235 e. The quantitative estimate of drug-likeness (QED) is 0.157. The molecule has 2 heteroatoms. The molecule has 28 heavy (non-hydrogen) atoms. The highest BCUT2D eigenvalue weighted by Crippen LogP contribution is 2.13. The summed E-state index contributed by atoms with van der Waals surface area (Å²) in [5.74, 6) is 1.55. The van der Waals surface area contributed by atoms with Gasteiger partial charge in [0.25, 0.3) is 5.82 Å². The Labute approximate surface area is 177 Å². The van der Waals surface area contributed by atoms with Crippen LogP contribution in [0.15, 0.2) is 12.4 Å². The van der Waals surface area contributed by atoms with Crippen molar-refractivity contribution in [2.75, 3.05) is 0 Å². The second-order valence-electron chi connectivity index (χ2n) is 8.75. The molecule has 0 saturated heterocycles. The molecule has 0 fully saturated rings. The van der Waals surface area contributed by atoms with Crippen LogP contribution in [-0.4, -0.2) is 4.57 Å². The second kappa shape index (κ2) is 18.3. The summed E-state index contributed by atoms with van der Waals surface area (Å²) in [6, 6.07) is 0. The molecule has 0 amide bonds. The van der Waals surface area contributed by atoms with Crippen molar-refractivity contribution < 1.29 is 4.57 Å². The average Bonchev–Trinajstić information content (AvgIpc) is 3.10. The summed E-state index contributed by atoms with van der Waals surface area (Å²) in [5.41, 5.74) is 0. The van der Waals surface area contributed by atoms with Crippen molar-refractivity contribution in [3.05, 3.63) is 18.2 Å². The van der Waals surface area contributed by atoms with E-state index in [1.807, 2.05) is 0 Å². The monoisotopic (exact) mass is 391 g/mol. The summed E-state index contributed by atoms with van der Waals surface area (Å²) in [6.07, 6.45) is 30.0. The van der Waals surface area contributed by atoms with Crippen molar-refractivity contribution in [2.45, 2.75) is 149 Å². The lowest BCUT2D eigenvalue weighted by Gasteiger charge is -2.05. The maximum absolute atomic E-state index is 2.52. The van der Waals surface area contributed by atoms with Gasteiger partial charge in [0.05, 0.1) is 13.1 Å². The highest BCUT2D eigenvalue weighted by molar-refractivity contribution is 4.83. The normalized spacial score (nSPS) is 11.4. The SMILES string of the molecule is CCCCCCCCCCCCCCCCc1n(CC)cc[n+]1CCCCC. The fraction of sp³-hybridized carbons (Fsp3) is 0.885. The Hall–Kier alpha value is -0.790. The molecular weight excluding hydrogens is 340 g/mol. The molecule has 1 aromatic rings. The van der Waals surface area contributed by atoms with Crippen molar-refractivity contribution >= 4 is 0 Å². The van der Waals surface area contributed by atoms with Gasteiger partial charge in [0.2, 0.25) is 0 Å². The molecule has 0 N–H and O–H groups in total. The van der Waals surface area contributed by atoms with E-state index in [0.29, 0.717) is 0 Å². The topological polar surface area (TPSA) is 8.81 Å². The third-order valence-corrected chi connectivity index (χ3v) is 6.19. The molecule has 0 saturated carbocycles. The Balaban J connectivity index is 2.00. The van der Waals surface area contributed by atoms with Crippen LogP contribution in [0.25, 0.3) is 0 Å². The van der Waals surface area contributed by atoms with Crippen LogP contribution >= 0.6 is 0 Å². The Bertz CT molecular complexity index is 449. The molecule has 1 heterocycles. The van der Waals surface area contributed by atoms with Crippen LogP contribution < -0.4 is 4.57 Å². The van der Waals surface area contributed by atoms with Gasteiger partial charge >= 0.3 is 0 Å². The minimum atomic E-state index is 1.11. The number of unbranched alkanes of at least 4 members (excludes halogenated alkanes) is 15. The summed E-state index contributed by atoms with van der Waals surface area (Å²) in [7, 11) is 0. The average molecular weight is 392 g/mol. The second-order valence-corrected chi connectivity index (χ2v) is 8.75. The van der Waals surface area contributed by atoms with Gasteiger partial charge in [-0.25, -0.2) is 9.13 Å². The number of rotatable bonds is 20. The van der Waals surface area contributed by atoms with E-state index < -0.39 is 0 Å². The molecule has 0 spiro atoms. The third-order valence-electron chi connectivity index (χ3n) is 6.19. The van der Waals surface area contributed by atoms with Gasteiger partial charge in [-0.05, 0) is 26.2 Å². The summed E-state index contributed by atoms with van der Waals surface area (Å²) >= 11 is 0. The standard InChI is InChI=1S/C26H51N2/c1-4-7-9-10-11-12-13-14-15-16-17-18-19-20-22-26-27(6-3)24-25-28(26)23-21-8-5-2/h24-25H,4-23H2,1-3H3/q+1. The van der Waals surface area contributed by atoms with Gasteiger partial charge in [0.15, 0.2) is 0 Å². The van der Waals surface area contributed by atoms with Crippen LogP contribution in [0.3, 0.4) is 0 Å². The summed E-state index contributed by atoms with van der Waals surface area (Å²) in [5, 5.41) is 0. The lowest BCUT2D eigenvalue weighted by molar-refractivity contribution is -0.704. The molecule has 164 valence electrons. The Morgan fingerprint density at radius 3 is 1.57 bits per heavy atom. The van der Waals surface area contributed by atoms with Gasteiger partial charge in [0, 0.05) is 6.42 Å². The van der Waals surface area contributed by atoms with E-state index in [1.54, 1.807) is 5.82 Å². The minimum absolute atomic E-state index is 1.11. The molecule has 0 unspecified atom stereocenters. The van der Waals surface area contributed by atoms with Crippen LogP contribution in [0.1, 0.15) is 136 Å². The summed E-state index contributed by atoms with van der Waals surface area (Å²) in [6.45, 7) is 9.17. The van der Waals surface area contributed by atoms with E-state index in [4.69, 9.17) is 0 Å². The van der Waals surface area contributed by atoms with Gasteiger partial charge in [0.1, 0.15) is 12.4 Å². The van der Waals surface area contributed by atoms with E-state index in [0.717, 1.165) is 6.54 Å². The summed E-state index contributed by atoms with van der Waals surface area (Å²) in [4.78, 5) is 0. The van der Waals surface area contributed by atoms with Crippen LogP contribution in [0.5, 0.6) is 0 Å². The van der Waals surface area contributed by atoms with E-state index in [1.165, 1.54) is 122 Å². The zero-order chi connectivity index (χ0) is 20.3. The number of hydrogen-bond acceptors (Lipinski definition) is 0. The van der Waals surface area contributed by atoms with Gasteiger partial charge in [-0.2, -0.15) is 0 Å². The molecule has 0 bridgehead atoms. The fourth-order valence-corrected chi connectivity index (χ4v) is 4.29. The van der Waals surface area contributed by atoms with Crippen LogP contribution in [0, 0.1) is 0 Å². The number of aryl methyl sites for hydroxylation is 2. The first kappa shape index (κ1) is 25.2. The molecule has 1 aromatic heterocycles. The number of aromatic nitrogens is 2. The van der Waals surface area contributed by atoms with Gasteiger partial charge < -0.3 is 0 Å².